The summed E-state index contributed by atoms with van der Waals surface area (Å²) in [7, 11) is -4.88. The molecule has 1 aromatic heterocycles. The molecule has 4 heterocycles. The minimum atomic E-state index is -4.88. The largest absolute Gasteiger partial charge is 0.444 e. The van der Waals surface area contributed by atoms with Gasteiger partial charge < -0.3 is 23.8 Å². The summed E-state index contributed by atoms with van der Waals surface area (Å²) in [6.45, 7) is 11.4. The zero-order valence-corrected chi connectivity index (χ0v) is 24.8. The van der Waals surface area contributed by atoms with Crippen molar-refractivity contribution in [2.45, 2.75) is 96.7 Å². The summed E-state index contributed by atoms with van der Waals surface area (Å²) in [4.78, 5) is 43.1. The third-order valence-electron chi connectivity index (χ3n) is 7.66. The maximum absolute atomic E-state index is 13.2. The molecule has 3 aliphatic heterocycles. The van der Waals surface area contributed by atoms with E-state index < -0.39 is 51.9 Å². The van der Waals surface area contributed by atoms with Gasteiger partial charge in [-0.3, -0.25) is 9.45 Å². The molecule has 4 amide bonds. The molecule has 4 aliphatic rings. The second-order valence-electron chi connectivity index (χ2n) is 13.2. The highest BCUT2D eigenvalue weighted by atomic mass is 32.3. The molecule has 1 aromatic rings. The number of carbonyl (C=O) groups excluding carboxylic acids is 3. The van der Waals surface area contributed by atoms with Gasteiger partial charge in [0, 0.05) is 25.7 Å². The van der Waals surface area contributed by atoms with E-state index in [1.807, 2.05) is 0 Å². The molecule has 2 atom stereocenters. The first kappa shape index (κ1) is 29.4. The van der Waals surface area contributed by atoms with Crippen molar-refractivity contribution in [3.8, 4) is 0 Å². The van der Waals surface area contributed by atoms with E-state index in [1.165, 1.54) is 14.7 Å². The highest BCUT2D eigenvalue weighted by Crippen LogP contribution is 2.61. The molecule has 1 saturated carbocycles. The number of aromatic nitrogens is 1. The summed E-state index contributed by atoms with van der Waals surface area (Å²) in [5.74, 6) is 0.353. The van der Waals surface area contributed by atoms with Crippen LogP contribution in [0, 0.1) is 5.41 Å². The van der Waals surface area contributed by atoms with Crippen LogP contribution in [-0.2, 0) is 30.7 Å². The van der Waals surface area contributed by atoms with E-state index in [0.29, 0.717) is 17.9 Å². The first-order valence-corrected chi connectivity index (χ1v) is 14.9. The van der Waals surface area contributed by atoms with E-state index in [0.717, 1.165) is 17.9 Å². The van der Waals surface area contributed by atoms with Crippen molar-refractivity contribution in [3.63, 3.8) is 0 Å². The molecule has 5 rings (SSSR count). The molecule has 1 spiro atoms. The van der Waals surface area contributed by atoms with Crippen LogP contribution in [0.3, 0.4) is 0 Å². The number of carbonyl (C=O) groups is 3. The molecule has 16 heteroatoms. The Bertz CT molecular complexity index is 1320. The van der Waals surface area contributed by atoms with Gasteiger partial charge in [-0.25, -0.2) is 14.4 Å². The zero-order chi connectivity index (χ0) is 30.1. The van der Waals surface area contributed by atoms with Crippen LogP contribution in [-0.4, -0.2) is 99.0 Å². The molecule has 228 valence electrons. The lowest BCUT2D eigenvalue weighted by Gasteiger charge is -2.44. The molecule has 15 nitrogen and oxygen atoms in total. The number of nitrogens with zero attached hydrogens (tertiary/aromatic N) is 5. The van der Waals surface area contributed by atoms with Crippen LogP contribution in [0.4, 0.5) is 14.4 Å². The van der Waals surface area contributed by atoms with Gasteiger partial charge in [0.1, 0.15) is 16.9 Å². The number of urea groups is 1. The second-order valence-corrected chi connectivity index (χ2v) is 14.2. The Morgan fingerprint density at radius 3 is 2.32 bits per heavy atom. The number of hydroxylamine groups is 2. The maximum Gasteiger partial charge on any atom is 0.418 e. The molecule has 0 aromatic carbocycles. The Balaban J connectivity index is 1.31. The molecule has 4 fully saturated rings. The number of rotatable bonds is 6. The minimum Gasteiger partial charge on any atom is -0.444 e. The van der Waals surface area contributed by atoms with Gasteiger partial charge in [0.2, 0.25) is 0 Å². The molecule has 3 saturated heterocycles. The van der Waals surface area contributed by atoms with Crippen molar-refractivity contribution < 1.29 is 45.6 Å². The quantitative estimate of drug-likeness (QED) is 0.476. The Morgan fingerprint density at radius 2 is 1.76 bits per heavy atom. The first-order valence-electron chi connectivity index (χ1n) is 13.5. The van der Waals surface area contributed by atoms with Crippen LogP contribution in [0.2, 0.25) is 0 Å². The number of fused-ring (bicyclic) bond motifs is 3. The molecule has 2 bridgehead atoms. The van der Waals surface area contributed by atoms with Gasteiger partial charge in [-0.05, 0) is 66.2 Å². The van der Waals surface area contributed by atoms with E-state index in [-0.39, 0.29) is 37.6 Å². The van der Waals surface area contributed by atoms with Gasteiger partial charge in [-0.2, -0.15) is 13.5 Å². The predicted molar refractivity (Wildman–Crippen MR) is 139 cm³/mol. The smallest absolute Gasteiger partial charge is 0.418 e. The fourth-order valence-corrected chi connectivity index (χ4v) is 5.97. The van der Waals surface area contributed by atoms with Gasteiger partial charge >= 0.3 is 28.6 Å². The Morgan fingerprint density at radius 1 is 1.12 bits per heavy atom. The number of piperidine rings is 1. The Hall–Kier alpha value is -3.11. The maximum atomic E-state index is 13.2. The lowest BCUT2D eigenvalue weighted by Crippen LogP contribution is -2.63. The van der Waals surface area contributed by atoms with Crippen molar-refractivity contribution in [2.24, 2.45) is 5.41 Å². The molecule has 41 heavy (non-hydrogen) atoms. The Labute approximate surface area is 238 Å². The minimum absolute atomic E-state index is 0.0150. The SMILES string of the molecule is CC(C)(C)OC(=O)N1CC(N(Cc2cc([C@@H]3CC4(CC4)[C@@H]4CN3C(=O)N4OS(=O)(=O)O)no2)C(=O)OC(C)(C)C)C1. The standard InChI is InChI=1S/C25H37N5O10S/c1-23(2,3)37-21(32)27-11-15(12-27)28(22(33)38-24(4,5)6)13-16-9-17(26-39-16)18-10-25(7-8-25)19-14-29(18)20(31)30(19)40-41(34,35)36/h9,15,18-19H,7-8,10-14H2,1-6H3,(H,34,35,36)/t18-,19-/m0/s1. The molecule has 0 unspecified atom stereocenters. The summed E-state index contributed by atoms with van der Waals surface area (Å²) in [6.07, 6.45) is 1.02. The van der Waals surface area contributed by atoms with Gasteiger partial charge in [-0.1, -0.05) is 5.16 Å². The third kappa shape index (κ3) is 6.23. The lowest BCUT2D eigenvalue weighted by molar-refractivity contribution is -0.0527. The van der Waals surface area contributed by atoms with Gasteiger partial charge in [-0.15, -0.1) is 4.28 Å². The fraction of sp³-hybridized carbons (Fsp3) is 0.760. The second kappa shape index (κ2) is 9.73. The first-order chi connectivity index (χ1) is 18.8. The summed E-state index contributed by atoms with van der Waals surface area (Å²) < 4.78 is 53.2. The Kier molecular flexibility index (Phi) is 6.97. The number of amides is 4. The average Bonchev–Trinajstić information content (AvgIpc) is 3.27. The number of hydrogen-bond donors (Lipinski definition) is 1. The topological polar surface area (TPSA) is 172 Å². The van der Waals surface area contributed by atoms with E-state index in [9.17, 15) is 27.4 Å². The molecule has 1 N–H and O–H groups in total. The highest BCUT2D eigenvalue weighted by molar-refractivity contribution is 7.80. The van der Waals surface area contributed by atoms with Crippen molar-refractivity contribution in [2.75, 3.05) is 19.6 Å². The lowest BCUT2D eigenvalue weighted by atomic mass is 9.84. The van der Waals surface area contributed by atoms with Crippen LogP contribution < -0.4 is 0 Å². The summed E-state index contributed by atoms with van der Waals surface area (Å²) >= 11 is 0. The van der Waals surface area contributed by atoms with E-state index in [2.05, 4.69) is 9.44 Å². The van der Waals surface area contributed by atoms with Crippen LogP contribution in [0.25, 0.3) is 0 Å². The van der Waals surface area contributed by atoms with Crippen molar-refractivity contribution >= 4 is 28.6 Å². The van der Waals surface area contributed by atoms with Crippen LogP contribution in [0.5, 0.6) is 0 Å². The molecule has 1 aliphatic carbocycles. The predicted octanol–water partition coefficient (Wildman–Crippen LogP) is 3.10. The number of ether oxygens (including phenoxy) is 2. The van der Waals surface area contributed by atoms with Gasteiger partial charge in [0.05, 0.1) is 24.7 Å². The fourth-order valence-electron chi connectivity index (χ4n) is 5.60. The van der Waals surface area contributed by atoms with Crippen molar-refractivity contribution in [1.82, 2.24) is 24.9 Å². The molecular weight excluding hydrogens is 562 g/mol. The average molecular weight is 600 g/mol. The van der Waals surface area contributed by atoms with Crippen molar-refractivity contribution in [3.05, 3.63) is 17.5 Å². The van der Waals surface area contributed by atoms with Gasteiger partial charge in [0.15, 0.2) is 5.76 Å². The normalized spacial score (nSPS) is 24.0. The van der Waals surface area contributed by atoms with E-state index in [1.54, 1.807) is 47.6 Å². The number of likely N-dealkylation sites (tertiary alicyclic amines) is 1. The van der Waals surface area contributed by atoms with E-state index >= 15 is 0 Å². The monoisotopic (exact) mass is 599 g/mol. The summed E-state index contributed by atoms with van der Waals surface area (Å²) in [5, 5.41) is 4.95. The van der Waals surface area contributed by atoms with Crippen LogP contribution in [0.15, 0.2) is 10.6 Å². The molecular formula is C25H37N5O10S. The van der Waals surface area contributed by atoms with Crippen molar-refractivity contribution in [1.29, 1.82) is 0 Å². The van der Waals surface area contributed by atoms with E-state index in [4.69, 9.17) is 14.0 Å². The van der Waals surface area contributed by atoms with Crippen LogP contribution >= 0.6 is 0 Å². The van der Waals surface area contributed by atoms with Crippen LogP contribution in [0.1, 0.15) is 78.3 Å². The number of hydrogen-bond acceptors (Lipinski definition) is 10. The third-order valence-corrected chi connectivity index (χ3v) is 8.01. The zero-order valence-electron chi connectivity index (χ0n) is 24.0. The van der Waals surface area contributed by atoms with Gasteiger partial charge in [0.25, 0.3) is 0 Å². The summed E-state index contributed by atoms with van der Waals surface area (Å²) in [5.41, 5.74) is -1.29. The summed E-state index contributed by atoms with van der Waals surface area (Å²) in [6, 6.07) is -0.369. The highest BCUT2D eigenvalue weighted by Gasteiger charge is 2.64. The molecule has 0 radical (unpaired) electrons.